The number of rotatable bonds is 6. The average molecular weight is 413 g/mol. The highest BCUT2D eigenvalue weighted by molar-refractivity contribution is 5.96. The summed E-state index contributed by atoms with van der Waals surface area (Å²) in [5.74, 6) is 1.42. The van der Waals surface area contributed by atoms with Gasteiger partial charge in [0.05, 0.1) is 43.4 Å². The number of nitrogens with one attached hydrogen (secondary N) is 2. The maximum atomic E-state index is 12.8. The van der Waals surface area contributed by atoms with Crippen LogP contribution >= 0.6 is 0 Å². The normalized spacial score (nSPS) is 16.8. The third-order valence-corrected chi connectivity index (χ3v) is 5.51. The minimum Gasteiger partial charge on any atom is -0.495 e. The second-order valence-electron chi connectivity index (χ2n) is 7.72. The zero-order chi connectivity index (χ0) is 20.7. The van der Waals surface area contributed by atoms with E-state index in [1.54, 1.807) is 31.5 Å². The molecule has 1 spiro atoms. The highest BCUT2D eigenvalue weighted by Gasteiger charge is 2.50. The number of hydrogen-bond donors (Lipinski definition) is 2. The molecule has 9 heteroatoms. The largest absolute Gasteiger partial charge is 0.495 e. The van der Waals surface area contributed by atoms with Gasteiger partial charge in [-0.3, -0.25) is 4.79 Å². The van der Waals surface area contributed by atoms with E-state index < -0.39 is 0 Å². The summed E-state index contributed by atoms with van der Waals surface area (Å²) in [5, 5.41) is 3.99. The van der Waals surface area contributed by atoms with E-state index in [0.717, 1.165) is 31.7 Å². The zero-order valence-corrected chi connectivity index (χ0v) is 16.9. The fourth-order valence-electron chi connectivity index (χ4n) is 3.93. The van der Waals surface area contributed by atoms with Crippen LogP contribution in [0.15, 0.2) is 30.5 Å². The second kappa shape index (κ2) is 7.17. The minimum atomic E-state index is 0. The number of aromatic amines is 1. The van der Waals surface area contributed by atoms with Crippen LogP contribution in [0.3, 0.4) is 0 Å². The molecular formula is C21H27N5O4. The lowest BCUT2D eigenvalue weighted by molar-refractivity contribution is -0.176. The summed E-state index contributed by atoms with van der Waals surface area (Å²) in [7, 11) is 1.57. The van der Waals surface area contributed by atoms with Gasteiger partial charge in [-0.05, 0) is 31.2 Å². The van der Waals surface area contributed by atoms with Crippen molar-refractivity contribution in [1.82, 2.24) is 19.9 Å². The number of aromatic nitrogens is 3. The fraction of sp³-hybridized carbons (Fsp3) is 0.381. The van der Waals surface area contributed by atoms with E-state index in [2.05, 4.69) is 20.3 Å². The summed E-state index contributed by atoms with van der Waals surface area (Å²) >= 11 is 0. The van der Waals surface area contributed by atoms with E-state index in [-0.39, 0.29) is 14.2 Å². The van der Waals surface area contributed by atoms with Gasteiger partial charge in [-0.15, -0.1) is 0 Å². The molecule has 0 bridgehead atoms. The predicted molar refractivity (Wildman–Crippen MR) is 115 cm³/mol. The molecule has 5 rings (SSSR count). The quantitative estimate of drug-likeness (QED) is 0.640. The van der Waals surface area contributed by atoms with Crippen LogP contribution in [0.4, 0.5) is 11.6 Å². The van der Waals surface area contributed by atoms with Crippen molar-refractivity contribution in [1.29, 1.82) is 0 Å². The Morgan fingerprint density at radius 2 is 2.17 bits per heavy atom. The molecule has 0 unspecified atom stereocenters. The fourth-order valence-corrected chi connectivity index (χ4v) is 3.93. The molecule has 3 aromatic rings. The molecule has 2 N–H and O–H groups in total. The Bertz CT molecular complexity index is 1110. The number of nitrogens with zero attached hydrogens (tertiary/aromatic N) is 3. The van der Waals surface area contributed by atoms with Crippen molar-refractivity contribution in [2.45, 2.75) is 6.92 Å². The van der Waals surface area contributed by atoms with E-state index in [0.29, 0.717) is 41.1 Å². The van der Waals surface area contributed by atoms with Gasteiger partial charge in [0.2, 0.25) is 11.8 Å². The molecule has 0 saturated carbocycles. The van der Waals surface area contributed by atoms with E-state index in [1.807, 2.05) is 17.9 Å². The molecule has 1 aromatic carbocycles. The molecule has 2 aliphatic rings. The number of carbonyl (C=O) groups excluding carboxylic acids is 1. The van der Waals surface area contributed by atoms with Gasteiger partial charge in [0.1, 0.15) is 11.4 Å². The Morgan fingerprint density at radius 1 is 1.33 bits per heavy atom. The zero-order valence-electron chi connectivity index (χ0n) is 16.9. The van der Waals surface area contributed by atoms with Crippen LogP contribution in [0, 0.1) is 5.41 Å². The Labute approximate surface area is 176 Å². The lowest BCUT2D eigenvalue weighted by Crippen LogP contribution is -2.67. The third kappa shape index (κ3) is 3.11. The van der Waals surface area contributed by atoms with E-state index >= 15 is 0 Å². The molecule has 9 nitrogen and oxygen atoms in total. The molecule has 0 atom stereocenters. The van der Waals surface area contributed by atoms with Gasteiger partial charge >= 0.3 is 0 Å². The predicted octanol–water partition coefficient (Wildman–Crippen LogP) is 3.07. The molecule has 1 amide bonds. The average Bonchev–Trinajstić information content (AvgIpc) is 3.15. The number of benzene rings is 1. The minimum absolute atomic E-state index is 0. The number of H-pyrrole nitrogens is 1. The van der Waals surface area contributed by atoms with Gasteiger partial charge in [-0.25, -0.2) is 0 Å². The molecule has 4 heterocycles. The van der Waals surface area contributed by atoms with Gasteiger partial charge in [0.25, 0.3) is 5.91 Å². The maximum absolute atomic E-state index is 12.8. The van der Waals surface area contributed by atoms with Crippen LogP contribution in [0.2, 0.25) is 0 Å². The number of ether oxygens (including phenoxy) is 3. The summed E-state index contributed by atoms with van der Waals surface area (Å²) in [6.07, 6.45) is 1.79. The van der Waals surface area contributed by atoms with Gasteiger partial charge in [0, 0.05) is 27.7 Å². The standard InChI is InChI=1S/C21H23N5O4.2H2/c1-3-30-18-14-6-7-22-17(14)24-20(25-18)23-15-5-4-13(8-16(15)28-2)19(27)26-9-21(10-26)11-29-12-21;;/h4-8H,3,9-12H2,1-2H3,(H2,22,23,24,25);2*1H. The Balaban J connectivity index is 0.00000144. The first kappa shape index (κ1) is 18.7. The first-order valence-corrected chi connectivity index (χ1v) is 9.91. The van der Waals surface area contributed by atoms with Crippen LogP contribution in [0.5, 0.6) is 11.6 Å². The molecule has 2 aliphatic heterocycles. The maximum Gasteiger partial charge on any atom is 0.254 e. The van der Waals surface area contributed by atoms with Gasteiger partial charge in [-0.2, -0.15) is 9.97 Å². The van der Waals surface area contributed by atoms with Gasteiger partial charge < -0.3 is 29.4 Å². The Morgan fingerprint density at radius 3 is 2.87 bits per heavy atom. The van der Waals surface area contributed by atoms with Gasteiger partial charge in [-0.1, -0.05) is 0 Å². The topological polar surface area (TPSA) is 102 Å². The summed E-state index contributed by atoms with van der Waals surface area (Å²) < 4.78 is 16.4. The molecule has 160 valence electrons. The van der Waals surface area contributed by atoms with Crippen LogP contribution in [0.1, 0.15) is 20.1 Å². The van der Waals surface area contributed by atoms with Crippen molar-refractivity contribution in [3.63, 3.8) is 0 Å². The van der Waals surface area contributed by atoms with Crippen LogP contribution in [-0.4, -0.2) is 65.8 Å². The SMILES string of the molecule is CCOc1nc(Nc2ccc(C(=O)N3CC4(COC4)C3)cc2OC)nc2[nH]ccc12.[HH].[HH]. The van der Waals surface area contributed by atoms with Crippen molar-refractivity contribution in [3.8, 4) is 11.6 Å². The first-order valence-electron chi connectivity index (χ1n) is 9.91. The van der Waals surface area contributed by atoms with Crippen molar-refractivity contribution in [2.24, 2.45) is 5.41 Å². The van der Waals surface area contributed by atoms with Gasteiger partial charge in [0.15, 0.2) is 0 Å². The molecular weight excluding hydrogens is 386 g/mol. The number of amides is 1. The molecule has 0 aliphatic carbocycles. The highest BCUT2D eigenvalue weighted by atomic mass is 16.5. The van der Waals surface area contributed by atoms with E-state index in [4.69, 9.17) is 14.2 Å². The molecule has 2 aromatic heterocycles. The smallest absolute Gasteiger partial charge is 0.254 e. The summed E-state index contributed by atoms with van der Waals surface area (Å²) in [5.41, 5.74) is 2.11. The monoisotopic (exact) mass is 413 g/mol. The van der Waals surface area contributed by atoms with Crippen molar-refractivity contribution in [3.05, 3.63) is 36.0 Å². The molecule has 0 radical (unpaired) electrons. The Kier molecular flexibility index (Phi) is 4.47. The van der Waals surface area contributed by atoms with Crippen LogP contribution in [-0.2, 0) is 4.74 Å². The number of hydrogen-bond acceptors (Lipinski definition) is 7. The summed E-state index contributed by atoms with van der Waals surface area (Å²) in [4.78, 5) is 26.7. The lowest BCUT2D eigenvalue weighted by Gasteiger charge is -2.54. The summed E-state index contributed by atoms with van der Waals surface area (Å²) in [6, 6.07) is 7.20. The number of likely N-dealkylation sites (tertiary alicyclic amines) is 1. The van der Waals surface area contributed by atoms with Crippen LogP contribution < -0.4 is 14.8 Å². The van der Waals surface area contributed by atoms with Crippen molar-refractivity contribution >= 4 is 28.6 Å². The number of fused-ring (bicyclic) bond motifs is 1. The lowest BCUT2D eigenvalue weighted by atomic mass is 9.78. The third-order valence-electron chi connectivity index (χ3n) is 5.51. The number of anilines is 2. The molecule has 2 saturated heterocycles. The highest BCUT2D eigenvalue weighted by Crippen LogP contribution is 2.39. The van der Waals surface area contributed by atoms with Crippen LogP contribution in [0.25, 0.3) is 11.0 Å². The second-order valence-corrected chi connectivity index (χ2v) is 7.72. The van der Waals surface area contributed by atoms with Crippen molar-refractivity contribution in [2.75, 3.05) is 45.3 Å². The van der Waals surface area contributed by atoms with E-state index in [1.165, 1.54) is 0 Å². The number of carbonyl (C=O) groups is 1. The van der Waals surface area contributed by atoms with Crippen molar-refractivity contribution < 1.29 is 21.9 Å². The van der Waals surface area contributed by atoms with E-state index in [9.17, 15) is 4.79 Å². The first-order chi connectivity index (χ1) is 14.6. The number of methoxy groups -OCH3 is 1. The summed E-state index contributed by atoms with van der Waals surface area (Å²) in [6.45, 7) is 5.40. The molecule has 2 fully saturated rings. The molecule has 30 heavy (non-hydrogen) atoms. The Hall–Kier alpha value is -3.33.